The van der Waals surface area contributed by atoms with Crippen molar-refractivity contribution >= 4 is 33.1 Å². The Bertz CT molecular complexity index is 1020. The fourth-order valence-electron chi connectivity index (χ4n) is 2.79. The summed E-state index contributed by atoms with van der Waals surface area (Å²) in [5.74, 6) is 0.970. The summed E-state index contributed by atoms with van der Waals surface area (Å²) >= 11 is 3.55. The van der Waals surface area contributed by atoms with Crippen LogP contribution in [0.1, 0.15) is 5.56 Å². The Balaban J connectivity index is 1.92. The molecule has 2 heterocycles. The van der Waals surface area contributed by atoms with Crippen LogP contribution in [0.2, 0.25) is 0 Å². The summed E-state index contributed by atoms with van der Waals surface area (Å²) in [5, 5.41) is 3.57. The molecular formula is C20H16BrN3. The maximum absolute atomic E-state index is 4.83. The molecule has 3 nitrogen and oxygen atoms in total. The summed E-state index contributed by atoms with van der Waals surface area (Å²) in [4.78, 5) is 4.83. The SMILES string of the molecule is Cc1ccccc1Nc1c(-c2cccc(Br)c2)nc2ccccn12. The summed E-state index contributed by atoms with van der Waals surface area (Å²) in [6.07, 6.45) is 2.03. The van der Waals surface area contributed by atoms with E-state index in [0.717, 1.165) is 32.9 Å². The minimum absolute atomic E-state index is 0.920. The van der Waals surface area contributed by atoms with E-state index in [2.05, 4.69) is 56.8 Å². The molecule has 0 atom stereocenters. The molecule has 4 heteroatoms. The first-order valence-electron chi connectivity index (χ1n) is 7.78. The van der Waals surface area contributed by atoms with Crippen LogP contribution in [0.3, 0.4) is 0 Å². The predicted molar refractivity (Wildman–Crippen MR) is 103 cm³/mol. The maximum Gasteiger partial charge on any atom is 0.143 e. The number of pyridine rings is 1. The molecule has 118 valence electrons. The first-order chi connectivity index (χ1) is 11.7. The van der Waals surface area contributed by atoms with Gasteiger partial charge in [-0.25, -0.2) is 4.98 Å². The number of imidazole rings is 1. The van der Waals surface area contributed by atoms with Crippen molar-refractivity contribution in [1.29, 1.82) is 0 Å². The summed E-state index contributed by atoms with van der Waals surface area (Å²) in [7, 11) is 0. The number of nitrogens with one attached hydrogen (secondary N) is 1. The summed E-state index contributed by atoms with van der Waals surface area (Å²) in [5.41, 5.74) is 5.21. The molecule has 4 rings (SSSR count). The van der Waals surface area contributed by atoms with E-state index < -0.39 is 0 Å². The molecule has 0 aliphatic carbocycles. The van der Waals surface area contributed by atoms with E-state index in [4.69, 9.17) is 4.98 Å². The number of rotatable bonds is 3. The number of aryl methyl sites for hydroxylation is 1. The van der Waals surface area contributed by atoms with Gasteiger partial charge < -0.3 is 5.32 Å². The molecule has 1 N–H and O–H groups in total. The van der Waals surface area contributed by atoms with Crippen molar-refractivity contribution in [2.75, 3.05) is 5.32 Å². The number of anilines is 2. The number of hydrogen-bond acceptors (Lipinski definition) is 2. The largest absolute Gasteiger partial charge is 0.339 e. The number of hydrogen-bond donors (Lipinski definition) is 1. The molecular weight excluding hydrogens is 362 g/mol. The van der Waals surface area contributed by atoms with E-state index in [0.29, 0.717) is 0 Å². The van der Waals surface area contributed by atoms with Crippen LogP contribution in [-0.2, 0) is 0 Å². The van der Waals surface area contributed by atoms with Crippen molar-refractivity contribution in [1.82, 2.24) is 9.38 Å². The van der Waals surface area contributed by atoms with E-state index in [1.165, 1.54) is 5.56 Å². The van der Waals surface area contributed by atoms with E-state index in [1.54, 1.807) is 0 Å². The van der Waals surface area contributed by atoms with Gasteiger partial charge in [-0.1, -0.05) is 52.3 Å². The molecule has 24 heavy (non-hydrogen) atoms. The van der Waals surface area contributed by atoms with Crippen molar-refractivity contribution in [2.45, 2.75) is 6.92 Å². The molecule has 0 aliphatic rings. The van der Waals surface area contributed by atoms with Gasteiger partial charge >= 0.3 is 0 Å². The molecule has 0 saturated heterocycles. The fourth-order valence-corrected chi connectivity index (χ4v) is 3.19. The van der Waals surface area contributed by atoms with Crippen LogP contribution in [0.25, 0.3) is 16.9 Å². The molecule has 2 aromatic heterocycles. The molecule has 0 amide bonds. The quantitative estimate of drug-likeness (QED) is 0.487. The number of benzene rings is 2. The van der Waals surface area contributed by atoms with Crippen molar-refractivity contribution in [3.63, 3.8) is 0 Å². The molecule has 4 aromatic rings. The first-order valence-corrected chi connectivity index (χ1v) is 8.57. The van der Waals surface area contributed by atoms with Gasteiger partial charge in [0.25, 0.3) is 0 Å². The lowest BCUT2D eigenvalue weighted by Crippen LogP contribution is -1.98. The third-order valence-corrected chi connectivity index (χ3v) is 4.52. The predicted octanol–water partition coefficient (Wildman–Crippen LogP) is 5.82. The Morgan fingerprint density at radius 1 is 0.958 bits per heavy atom. The molecule has 0 bridgehead atoms. The second-order valence-corrected chi connectivity index (χ2v) is 6.60. The van der Waals surface area contributed by atoms with Crippen LogP contribution in [0.4, 0.5) is 11.5 Å². The highest BCUT2D eigenvalue weighted by Gasteiger charge is 2.15. The monoisotopic (exact) mass is 377 g/mol. The van der Waals surface area contributed by atoms with Crippen LogP contribution >= 0.6 is 15.9 Å². The lowest BCUT2D eigenvalue weighted by Gasteiger charge is -2.11. The van der Waals surface area contributed by atoms with Gasteiger partial charge in [-0.2, -0.15) is 0 Å². The average Bonchev–Trinajstić information content (AvgIpc) is 2.96. The second-order valence-electron chi connectivity index (χ2n) is 5.69. The minimum atomic E-state index is 0.920. The van der Waals surface area contributed by atoms with Gasteiger partial charge in [0.1, 0.15) is 17.2 Å². The number of halogens is 1. The first kappa shape index (κ1) is 15.0. The molecule has 0 fully saturated rings. The number of fused-ring (bicyclic) bond motifs is 1. The molecule has 0 spiro atoms. The van der Waals surface area contributed by atoms with E-state index >= 15 is 0 Å². The van der Waals surface area contributed by atoms with Gasteiger partial charge in [0.2, 0.25) is 0 Å². The third kappa shape index (κ3) is 2.69. The minimum Gasteiger partial charge on any atom is -0.339 e. The highest BCUT2D eigenvalue weighted by atomic mass is 79.9. The van der Waals surface area contributed by atoms with Crippen molar-refractivity contribution < 1.29 is 0 Å². The van der Waals surface area contributed by atoms with Gasteiger partial charge in [0, 0.05) is 21.9 Å². The van der Waals surface area contributed by atoms with Gasteiger partial charge in [0.05, 0.1) is 0 Å². The van der Waals surface area contributed by atoms with E-state index in [9.17, 15) is 0 Å². The standard InChI is InChI=1S/C20H16BrN3/c1-14-7-2-3-10-17(14)22-20-19(15-8-6-9-16(21)13-15)23-18-11-4-5-12-24(18)20/h2-13,22H,1H3. The van der Waals surface area contributed by atoms with Crippen molar-refractivity contribution in [3.8, 4) is 11.3 Å². The van der Waals surface area contributed by atoms with Crippen LogP contribution < -0.4 is 5.32 Å². The lowest BCUT2D eigenvalue weighted by molar-refractivity contribution is 1.18. The van der Waals surface area contributed by atoms with E-state index in [-0.39, 0.29) is 0 Å². The molecule has 0 aliphatic heterocycles. The molecule has 0 unspecified atom stereocenters. The Hall–Kier alpha value is -2.59. The highest BCUT2D eigenvalue weighted by molar-refractivity contribution is 9.10. The number of para-hydroxylation sites is 1. The normalized spacial score (nSPS) is 10.9. The maximum atomic E-state index is 4.83. The van der Waals surface area contributed by atoms with Crippen molar-refractivity contribution in [3.05, 3.63) is 83.0 Å². The zero-order valence-electron chi connectivity index (χ0n) is 13.2. The molecule has 0 radical (unpaired) electrons. The fraction of sp³-hybridized carbons (Fsp3) is 0.0500. The Morgan fingerprint density at radius 3 is 2.62 bits per heavy atom. The van der Waals surface area contributed by atoms with Crippen LogP contribution in [0.15, 0.2) is 77.4 Å². The highest BCUT2D eigenvalue weighted by Crippen LogP contribution is 2.33. The van der Waals surface area contributed by atoms with Gasteiger partial charge in [-0.05, 0) is 42.8 Å². The number of nitrogens with zero attached hydrogens (tertiary/aromatic N) is 2. The Kier molecular flexibility index (Phi) is 3.82. The summed E-state index contributed by atoms with van der Waals surface area (Å²) < 4.78 is 3.13. The molecule has 2 aromatic carbocycles. The van der Waals surface area contributed by atoms with Gasteiger partial charge in [-0.15, -0.1) is 0 Å². The third-order valence-electron chi connectivity index (χ3n) is 4.03. The topological polar surface area (TPSA) is 29.3 Å². The summed E-state index contributed by atoms with van der Waals surface area (Å²) in [6.45, 7) is 2.10. The summed E-state index contributed by atoms with van der Waals surface area (Å²) in [6, 6.07) is 22.5. The number of aromatic nitrogens is 2. The Labute approximate surface area is 149 Å². The smallest absolute Gasteiger partial charge is 0.143 e. The zero-order valence-corrected chi connectivity index (χ0v) is 14.8. The second kappa shape index (κ2) is 6.13. The lowest BCUT2D eigenvalue weighted by atomic mass is 10.1. The van der Waals surface area contributed by atoms with E-state index in [1.807, 2.05) is 48.7 Å². The van der Waals surface area contributed by atoms with Gasteiger partial charge in [0.15, 0.2) is 0 Å². The van der Waals surface area contributed by atoms with Crippen molar-refractivity contribution in [2.24, 2.45) is 0 Å². The molecule has 0 saturated carbocycles. The van der Waals surface area contributed by atoms with Gasteiger partial charge in [-0.3, -0.25) is 4.40 Å². The average molecular weight is 378 g/mol. The van der Waals surface area contributed by atoms with Crippen LogP contribution in [-0.4, -0.2) is 9.38 Å². The zero-order chi connectivity index (χ0) is 16.5. The van der Waals surface area contributed by atoms with Crippen LogP contribution in [0.5, 0.6) is 0 Å². The van der Waals surface area contributed by atoms with Crippen LogP contribution in [0, 0.1) is 6.92 Å². The Morgan fingerprint density at radius 2 is 1.79 bits per heavy atom.